The van der Waals surface area contributed by atoms with Crippen LogP contribution in [0.5, 0.6) is 28.7 Å². The maximum Gasteiger partial charge on any atom is 0.268 e. The summed E-state index contributed by atoms with van der Waals surface area (Å²) < 4.78 is 115. The van der Waals surface area contributed by atoms with Gasteiger partial charge in [0, 0.05) is 222 Å². The van der Waals surface area contributed by atoms with Crippen LogP contribution in [0.2, 0.25) is 0 Å². The van der Waals surface area contributed by atoms with Gasteiger partial charge in [0.1, 0.15) is 54.6 Å². The maximum absolute atomic E-state index is 13.1. The van der Waals surface area contributed by atoms with E-state index in [1.807, 2.05) is 213 Å². The molecule has 2 radical (unpaired) electrons. The summed E-state index contributed by atoms with van der Waals surface area (Å²) in [6.45, 7) is 2.18. The van der Waals surface area contributed by atoms with E-state index in [9.17, 15) is 30.4 Å². The minimum absolute atomic E-state index is 0. The Hall–Kier alpha value is -12.0. The average molecular weight is 2460 g/mol. The van der Waals surface area contributed by atoms with Crippen LogP contribution in [0.15, 0.2) is 440 Å². The van der Waals surface area contributed by atoms with E-state index < -0.39 is 30.1 Å². The molecule has 5 aromatic heterocycles. The Morgan fingerprint density at radius 1 is 0.331 bits per heavy atom. The second kappa shape index (κ2) is 53.4. The first kappa shape index (κ1) is 107. The van der Waals surface area contributed by atoms with Crippen LogP contribution in [0.1, 0.15) is 77.2 Å². The Morgan fingerprint density at radius 2 is 0.604 bits per heavy atom. The Kier molecular flexibility index (Phi) is 41.3. The van der Waals surface area contributed by atoms with Crippen LogP contribution in [-0.4, -0.2) is 72.0 Å². The third kappa shape index (κ3) is 28.4. The molecule has 27 heteroatoms. The predicted octanol–water partition coefficient (Wildman–Crippen LogP) is 23.9. The summed E-state index contributed by atoms with van der Waals surface area (Å²) in [6, 6.07) is 127. The van der Waals surface area contributed by atoms with Crippen LogP contribution in [0.4, 0.5) is 0 Å². The molecular weight excluding hydrogens is 2360 g/mol. The van der Waals surface area contributed by atoms with Gasteiger partial charge in [-0.25, -0.2) is 37.2 Å². The summed E-state index contributed by atoms with van der Waals surface area (Å²) in [7, 11) is -10.9. The van der Waals surface area contributed by atoms with E-state index in [0.29, 0.717) is 67.9 Å². The van der Waals surface area contributed by atoms with E-state index >= 15 is 0 Å². The number of rotatable bonds is 27. The van der Waals surface area contributed by atoms with Crippen LogP contribution in [0.25, 0.3) is 54.5 Å². The fraction of sp³-hybridized carbons (Fsp3) is 0.0982. The number of nitrogens with zero attached hydrogens (tertiary/aromatic N) is 4. The average Bonchev–Trinajstić information content (AvgIpc) is 1.57. The van der Waals surface area contributed by atoms with Gasteiger partial charge < -0.3 is 39.8 Å². The molecule has 0 aliphatic rings. The topological polar surface area (TPSA) is 256 Å². The third-order valence-electron chi connectivity index (χ3n) is 22.3. The summed E-state index contributed by atoms with van der Waals surface area (Å²) in [5.41, 5.74) is 23.1. The van der Waals surface area contributed by atoms with Gasteiger partial charge in [0.15, 0.2) is 6.61 Å². The van der Waals surface area contributed by atoms with Gasteiger partial charge in [-0.3, -0.25) is 0 Å². The number of aromatic hydroxyl groups is 1. The normalized spacial score (nSPS) is 10.8. The fourth-order valence-electron chi connectivity index (χ4n) is 15.7. The molecule has 20 aromatic rings. The molecule has 0 atom stereocenters. The summed E-state index contributed by atoms with van der Waals surface area (Å²) >= 11 is 7.33. The maximum atomic E-state index is 13.1. The molecule has 0 unspecified atom stereocenters. The first-order valence-electron chi connectivity index (χ1n) is 44.3. The quantitative estimate of drug-likeness (QED) is 0.0373. The Labute approximate surface area is 896 Å². The van der Waals surface area contributed by atoms with Crippen molar-refractivity contribution >= 4 is 107 Å². The zero-order chi connectivity index (χ0) is 95.1. The van der Waals surface area contributed by atoms with Gasteiger partial charge in [0.05, 0.1) is 31.2 Å². The molecule has 20 rings (SSSR count). The monoisotopic (exact) mass is 2460 g/mol. The molecule has 139 heavy (non-hydrogen) atoms. The van der Waals surface area contributed by atoms with Crippen molar-refractivity contribution in [2.45, 2.75) is 67.4 Å². The largest absolute Gasteiger partial charge is 0.508 e. The van der Waals surface area contributed by atoms with E-state index in [2.05, 4.69) is 117 Å². The third-order valence-corrected chi connectivity index (χ3v) is 27.4. The fourth-order valence-corrected chi connectivity index (χ4v) is 19.8. The van der Waals surface area contributed by atoms with Crippen LogP contribution >= 0.6 is 0 Å². The number of phenolic OH excluding ortho intramolecular Hbond substituents is 1. The van der Waals surface area contributed by atoms with E-state index in [1.165, 1.54) is 61.5 Å². The Balaban J connectivity index is 0.000000195. The van der Waals surface area contributed by atoms with E-state index in [4.69, 9.17) is 32.9 Å². The van der Waals surface area contributed by atoms with Gasteiger partial charge in [-0.05, 0) is 235 Å². The molecular formula is C112H101N7O11S5U2V2. The van der Waals surface area contributed by atoms with Crippen molar-refractivity contribution in [2.24, 2.45) is 5.73 Å². The van der Waals surface area contributed by atoms with E-state index in [1.54, 1.807) is 134 Å². The second-order valence-corrected chi connectivity index (χ2v) is 36.8. The number of nitrogens with one attached hydrogen (secondary N) is 2. The first-order valence-corrected chi connectivity index (χ1v) is 48.9. The zero-order valence-electron chi connectivity index (χ0n) is 76.8. The molecule has 0 spiro atoms. The smallest absolute Gasteiger partial charge is 0.268 e. The van der Waals surface area contributed by atoms with Crippen molar-refractivity contribution in [3.63, 3.8) is 0 Å². The van der Waals surface area contributed by atoms with Gasteiger partial charge in [0.2, 0.25) is 0 Å². The summed E-state index contributed by atoms with van der Waals surface area (Å²) in [5, 5.41) is 23.7. The SMILES string of the molecule is C.N#CCOc1ccccc1Cc1ccc2c(ccn2S(=O)(=O)c2ccccc2)c1.NCCOc1ccccc1Cc1ccc2[nH]ccc2c1.O=S(=O)(c1ccccc1)n1ccc2cc(Cc3ccccc3O)ccc21.O=S(=O)(c1ccccc1)n1ccc2cc(Cc3ccccc3OCc3ccccc3)ccc21.S=S.[3H][3H].[U].[U].[V].[V].c1ccc(COc2ccccc2Cc2ccc3[nH]ccc3c2)cc1. The summed E-state index contributed by atoms with van der Waals surface area (Å²) in [4.78, 5) is 7.24. The number of para-hydroxylation sites is 5. The van der Waals surface area contributed by atoms with E-state index in [-0.39, 0.29) is 134 Å². The standard InChI is InChI=1S/C28H23NO3S.C23H18N2O3S.C22H19NO.C21H17NO3S.C17H18N2O.CH4.S2.2U.2V.H2/c30-33(31,26-12-5-2-6-13-26)29-18-17-24-19-23(15-16-27(24)29)20-25-11-7-8-14-28(25)32-21-22-9-3-1-4-10-22;24-13-15-28-23-9-5-4-6-20(23)17-18-10-11-22-19(16-18)12-14-25(22)29(26,27)21-7-2-1-3-8-21;1-2-6-17(7-3-1)16-24-22-9-5-4-8-20(22)15-18-10-11-21-19(14-18)12-13-23-21;23-21-9-5-4-6-18(21)15-16-10-11-20-17(14-16)12-13-22(20)26(24,25)19-7-2-1-3-8-19;18-8-10-20-17-4-2-1-3-15(17)12-13-5-6-16-14(11-13)7-9-19-16;;1-2;;;;;/h1-19H,20-21H2;1-12,14,16H,15,17H2;1-14,23H,15-16H2;1-14,23H,15H2;1-7,9,11,19H,8,10,12,18H2;1H4;;;;;;1H/i;;;;;;;;;;;1+2T. The number of benzene rings is 15. The number of hydrogen-bond acceptors (Lipinski definition) is 15. The molecule has 5 heterocycles. The van der Waals surface area contributed by atoms with Gasteiger partial charge >= 0.3 is 0 Å². The van der Waals surface area contributed by atoms with Gasteiger partial charge in [0.25, 0.3) is 30.1 Å². The number of nitriles is 1. The van der Waals surface area contributed by atoms with Crippen LogP contribution in [-0.2, 0) is 135 Å². The minimum atomic E-state index is -3.64. The van der Waals surface area contributed by atoms with Gasteiger partial charge in [-0.1, -0.05) is 244 Å². The summed E-state index contributed by atoms with van der Waals surface area (Å²) in [5.74, 6) is 3.67. The molecule has 0 aliphatic carbocycles. The number of aromatic amines is 2. The molecule has 5 N–H and O–H groups in total. The molecule has 0 saturated heterocycles. The van der Waals surface area contributed by atoms with Crippen LogP contribution in [0, 0.1) is 73.6 Å². The van der Waals surface area contributed by atoms with Crippen molar-refractivity contribution < 1.29 is 152 Å². The molecule has 0 aliphatic heterocycles. The number of aromatic nitrogens is 5. The minimum Gasteiger partial charge on any atom is -0.508 e. The van der Waals surface area contributed by atoms with Crippen molar-refractivity contribution in [1.82, 2.24) is 21.9 Å². The molecule has 0 fully saturated rings. The number of fused-ring (bicyclic) bond motifs is 5. The molecule has 0 saturated carbocycles. The second-order valence-electron chi connectivity index (χ2n) is 31.3. The number of nitrogens with two attached hydrogens (primary N) is 1. The van der Waals surface area contributed by atoms with Crippen molar-refractivity contribution in [3.05, 3.63) is 492 Å². The number of phenols is 1. The van der Waals surface area contributed by atoms with Gasteiger partial charge in [-0.15, -0.1) is 0 Å². The van der Waals surface area contributed by atoms with Crippen molar-refractivity contribution in [3.8, 4) is 34.8 Å². The van der Waals surface area contributed by atoms with E-state index in [0.717, 1.165) is 85.2 Å². The first-order chi connectivity index (χ1) is 66.5. The zero-order valence-corrected chi connectivity index (χ0v) is 90.0. The van der Waals surface area contributed by atoms with Gasteiger partial charge in [-0.2, -0.15) is 5.26 Å². The molecule has 698 valence electrons. The summed E-state index contributed by atoms with van der Waals surface area (Å²) in [6.07, 6.45) is 12.3. The molecule has 18 nitrogen and oxygen atoms in total. The Bertz CT molecular complexity index is 7790. The molecule has 0 amide bonds. The Morgan fingerprint density at radius 3 is 0.928 bits per heavy atom. The van der Waals surface area contributed by atoms with Crippen LogP contribution < -0.4 is 24.7 Å². The van der Waals surface area contributed by atoms with Crippen molar-refractivity contribution in [2.75, 3.05) is 19.8 Å². The predicted molar refractivity (Wildman–Crippen MR) is 548 cm³/mol. The molecule has 0 bridgehead atoms. The number of ether oxygens (including phenoxy) is 4. The number of hydrogen-bond donors (Lipinski definition) is 4. The number of H-pyrrole nitrogens is 2. The van der Waals surface area contributed by atoms with Crippen molar-refractivity contribution in [1.29, 1.82) is 5.26 Å². The molecule has 15 aromatic carbocycles. The van der Waals surface area contributed by atoms with Crippen LogP contribution in [0.3, 0.4) is 0 Å².